The molecule has 0 aliphatic heterocycles. The Labute approximate surface area is 107 Å². The molecule has 0 saturated heterocycles. The highest BCUT2D eigenvalue weighted by Crippen LogP contribution is 2.14. The van der Waals surface area contributed by atoms with Gasteiger partial charge < -0.3 is 10.5 Å². The number of nitrogens with zero attached hydrogens (tertiary/aromatic N) is 3. The number of hydrogen-bond acceptors (Lipinski definition) is 4. The number of nitrogens with two attached hydrogens (primary N) is 1. The van der Waals surface area contributed by atoms with Crippen LogP contribution in [0.3, 0.4) is 0 Å². The van der Waals surface area contributed by atoms with Crippen LogP contribution in [0, 0.1) is 0 Å². The number of aromatic nitrogens is 3. The van der Waals surface area contributed by atoms with Crippen molar-refractivity contribution >= 4 is 0 Å². The molecule has 2 N–H and O–H groups in total. The zero-order valence-electron chi connectivity index (χ0n) is 10.7. The van der Waals surface area contributed by atoms with Crippen LogP contribution in [0.1, 0.15) is 18.2 Å². The van der Waals surface area contributed by atoms with Crippen molar-refractivity contribution in [1.29, 1.82) is 0 Å². The molecule has 0 fully saturated rings. The molecule has 1 unspecified atom stereocenters. The Hall–Kier alpha value is -1.88. The molecular formula is C13H18N4O. The molecule has 0 saturated carbocycles. The Bertz CT molecular complexity index is 490. The molecule has 96 valence electrons. The zero-order chi connectivity index (χ0) is 13.0. The second kappa shape index (κ2) is 5.64. The van der Waals surface area contributed by atoms with Crippen LogP contribution < -0.4 is 10.5 Å². The lowest BCUT2D eigenvalue weighted by Crippen LogP contribution is -2.17. The zero-order valence-corrected chi connectivity index (χ0v) is 10.7. The molecule has 0 spiro atoms. The first kappa shape index (κ1) is 12.6. The quantitative estimate of drug-likeness (QED) is 0.863. The van der Waals surface area contributed by atoms with Crippen LogP contribution >= 0.6 is 0 Å². The molecule has 0 bridgehead atoms. The van der Waals surface area contributed by atoms with Crippen molar-refractivity contribution in [2.45, 2.75) is 26.0 Å². The number of benzene rings is 1. The standard InChI is InChI=1S/C13H18N4O/c1-10(14)7-11-3-5-13(6-4-11)18-9-12-8-17(2)16-15-12/h3-6,8,10H,7,9,14H2,1-2H3. The minimum Gasteiger partial charge on any atom is -0.487 e. The van der Waals surface area contributed by atoms with Gasteiger partial charge in [-0.3, -0.25) is 4.68 Å². The summed E-state index contributed by atoms with van der Waals surface area (Å²) < 4.78 is 7.28. The molecule has 0 amide bonds. The minimum absolute atomic E-state index is 0.177. The second-order valence-electron chi connectivity index (χ2n) is 4.50. The Balaban J connectivity index is 1.90. The van der Waals surface area contributed by atoms with Crippen LogP contribution in [0.25, 0.3) is 0 Å². The molecule has 18 heavy (non-hydrogen) atoms. The molecule has 5 heteroatoms. The predicted octanol–water partition coefficient (Wildman–Crippen LogP) is 1.28. The third-order valence-corrected chi connectivity index (χ3v) is 2.52. The van der Waals surface area contributed by atoms with Gasteiger partial charge in [-0.2, -0.15) is 0 Å². The Kier molecular flexibility index (Phi) is 3.94. The van der Waals surface area contributed by atoms with Gasteiger partial charge in [-0.25, -0.2) is 0 Å². The fraction of sp³-hybridized carbons (Fsp3) is 0.385. The van der Waals surface area contributed by atoms with E-state index in [9.17, 15) is 0 Å². The summed E-state index contributed by atoms with van der Waals surface area (Å²) in [5, 5.41) is 7.81. The summed E-state index contributed by atoms with van der Waals surface area (Å²) in [6.45, 7) is 2.43. The number of ether oxygens (including phenoxy) is 1. The van der Waals surface area contributed by atoms with E-state index >= 15 is 0 Å². The maximum Gasteiger partial charge on any atom is 0.134 e. The third kappa shape index (κ3) is 3.56. The van der Waals surface area contributed by atoms with Crippen molar-refractivity contribution in [3.8, 4) is 5.75 Å². The predicted molar refractivity (Wildman–Crippen MR) is 69.1 cm³/mol. The van der Waals surface area contributed by atoms with Gasteiger partial charge in [0.2, 0.25) is 0 Å². The summed E-state index contributed by atoms with van der Waals surface area (Å²) in [6.07, 6.45) is 2.72. The highest BCUT2D eigenvalue weighted by molar-refractivity contribution is 5.27. The summed E-state index contributed by atoms with van der Waals surface area (Å²) in [7, 11) is 1.83. The Morgan fingerprint density at radius 3 is 2.61 bits per heavy atom. The SMILES string of the molecule is CC(N)Cc1ccc(OCc2cn(C)nn2)cc1. The Morgan fingerprint density at radius 1 is 1.33 bits per heavy atom. The molecule has 1 aromatic heterocycles. The van der Waals surface area contributed by atoms with Crippen LogP contribution in [0.4, 0.5) is 0 Å². The van der Waals surface area contributed by atoms with Gasteiger partial charge in [0.15, 0.2) is 0 Å². The lowest BCUT2D eigenvalue weighted by molar-refractivity contribution is 0.301. The van der Waals surface area contributed by atoms with E-state index in [2.05, 4.69) is 10.3 Å². The van der Waals surface area contributed by atoms with Gasteiger partial charge >= 0.3 is 0 Å². The molecular weight excluding hydrogens is 228 g/mol. The highest BCUT2D eigenvalue weighted by Gasteiger charge is 2.01. The fourth-order valence-corrected chi connectivity index (χ4v) is 1.71. The molecule has 0 aliphatic rings. The smallest absolute Gasteiger partial charge is 0.134 e. The van der Waals surface area contributed by atoms with Gasteiger partial charge in [-0.05, 0) is 31.0 Å². The second-order valence-corrected chi connectivity index (χ2v) is 4.50. The van der Waals surface area contributed by atoms with E-state index in [-0.39, 0.29) is 6.04 Å². The van der Waals surface area contributed by atoms with E-state index in [1.165, 1.54) is 5.56 Å². The van der Waals surface area contributed by atoms with Crippen LogP contribution in [0.15, 0.2) is 30.5 Å². The topological polar surface area (TPSA) is 66.0 Å². The number of rotatable bonds is 5. The highest BCUT2D eigenvalue weighted by atomic mass is 16.5. The van der Waals surface area contributed by atoms with Crippen molar-refractivity contribution < 1.29 is 4.74 Å². The van der Waals surface area contributed by atoms with E-state index in [1.54, 1.807) is 4.68 Å². The van der Waals surface area contributed by atoms with Crippen molar-refractivity contribution in [2.75, 3.05) is 0 Å². The molecule has 2 aromatic rings. The molecule has 0 aliphatic carbocycles. The first-order valence-electron chi connectivity index (χ1n) is 5.96. The van der Waals surface area contributed by atoms with E-state index < -0.39 is 0 Å². The summed E-state index contributed by atoms with van der Waals surface area (Å²) in [5.74, 6) is 0.828. The summed E-state index contributed by atoms with van der Waals surface area (Å²) in [4.78, 5) is 0. The summed E-state index contributed by atoms with van der Waals surface area (Å²) in [5.41, 5.74) is 7.79. The number of aryl methyl sites for hydroxylation is 1. The minimum atomic E-state index is 0.177. The van der Waals surface area contributed by atoms with Gasteiger partial charge in [-0.15, -0.1) is 5.10 Å². The van der Waals surface area contributed by atoms with Crippen LogP contribution in [0.2, 0.25) is 0 Å². The van der Waals surface area contributed by atoms with E-state index in [0.29, 0.717) is 6.61 Å². The normalized spacial score (nSPS) is 12.4. The van der Waals surface area contributed by atoms with Crippen molar-refractivity contribution in [3.63, 3.8) is 0 Å². The fourth-order valence-electron chi connectivity index (χ4n) is 1.71. The first-order chi connectivity index (χ1) is 8.63. The van der Waals surface area contributed by atoms with Crippen molar-refractivity contribution in [1.82, 2.24) is 15.0 Å². The molecule has 1 atom stereocenters. The van der Waals surface area contributed by atoms with Gasteiger partial charge in [0.25, 0.3) is 0 Å². The monoisotopic (exact) mass is 246 g/mol. The average molecular weight is 246 g/mol. The largest absolute Gasteiger partial charge is 0.487 e. The lowest BCUT2D eigenvalue weighted by atomic mass is 10.1. The van der Waals surface area contributed by atoms with Crippen molar-refractivity contribution in [3.05, 3.63) is 41.7 Å². The third-order valence-electron chi connectivity index (χ3n) is 2.52. The Morgan fingerprint density at radius 2 is 2.06 bits per heavy atom. The maximum absolute atomic E-state index is 5.75. The molecule has 0 radical (unpaired) electrons. The van der Waals surface area contributed by atoms with Gasteiger partial charge in [0, 0.05) is 13.1 Å². The van der Waals surface area contributed by atoms with Gasteiger partial charge in [0.1, 0.15) is 18.1 Å². The average Bonchev–Trinajstić information content (AvgIpc) is 2.74. The molecule has 1 aromatic carbocycles. The van der Waals surface area contributed by atoms with Crippen LogP contribution in [-0.4, -0.2) is 21.0 Å². The number of hydrogen-bond donors (Lipinski definition) is 1. The van der Waals surface area contributed by atoms with E-state index in [1.807, 2.05) is 44.4 Å². The summed E-state index contributed by atoms with van der Waals surface area (Å²) >= 11 is 0. The van der Waals surface area contributed by atoms with E-state index in [4.69, 9.17) is 10.5 Å². The van der Waals surface area contributed by atoms with Crippen LogP contribution in [-0.2, 0) is 20.1 Å². The van der Waals surface area contributed by atoms with Gasteiger partial charge in [0.05, 0.1) is 6.20 Å². The lowest BCUT2D eigenvalue weighted by Gasteiger charge is -2.07. The van der Waals surface area contributed by atoms with Crippen LogP contribution in [0.5, 0.6) is 5.75 Å². The maximum atomic E-state index is 5.75. The molecule has 5 nitrogen and oxygen atoms in total. The molecule has 2 rings (SSSR count). The van der Waals surface area contributed by atoms with Gasteiger partial charge in [-0.1, -0.05) is 17.3 Å². The summed E-state index contributed by atoms with van der Waals surface area (Å²) in [6, 6.07) is 8.16. The molecule has 1 heterocycles. The van der Waals surface area contributed by atoms with E-state index in [0.717, 1.165) is 17.9 Å². The van der Waals surface area contributed by atoms with Crippen molar-refractivity contribution in [2.24, 2.45) is 12.8 Å². The first-order valence-corrected chi connectivity index (χ1v) is 5.96.